The van der Waals surface area contributed by atoms with E-state index in [9.17, 15) is 5.11 Å². The van der Waals surface area contributed by atoms with Gasteiger partial charge in [-0.25, -0.2) is 0 Å². The molecule has 1 aliphatic heterocycles. The first-order valence-electron chi connectivity index (χ1n) is 9.95. The topological polar surface area (TPSA) is 38.7 Å². The minimum Gasteiger partial charge on any atom is -0.393 e. The van der Waals surface area contributed by atoms with E-state index in [-0.39, 0.29) is 23.2 Å². The summed E-state index contributed by atoms with van der Waals surface area (Å²) in [5.74, 6) is 1.53. The predicted octanol–water partition coefficient (Wildman–Crippen LogP) is 4.87. The molecule has 1 saturated heterocycles. The zero-order valence-corrected chi connectivity index (χ0v) is 17.0. The quantitative estimate of drug-likeness (QED) is 0.796. The normalized spacial score (nSPS) is 39.0. The van der Waals surface area contributed by atoms with Crippen molar-refractivity contribution < 1.29 is 14.6 Å². The van der Waals surface area contributed by atoms with Gasteiger partial charge in [-0.1, -0.05) is 54.9 Å². The lowest BCUT2D eigenvalue weighted by Crippen LogP contribution is -2.51. The van der Waals surface area contributed by atoms with Gasteiger partial charge in [0.25, 0.3) is 0 Å². The third-order valence-corrected chi connectivity index (χ3v) is 6.24. The van der Waals surface area contributed by atoms with Crippen LogP contribution in [0.2, 0.25) is 0 Å². The number of rotatable bonds is 3. The number of hydrogen-bond donors (Lipinski definition) is 1. The molecule has 1 N–H and O–H groups in total. The summed E-state index contributed by atoms with van der Waals surface area (Å²) < 4.78 is 12.3. The monoisotopic (exact) mass is 340 g/mol. The zero-order valence-electron chi connectivity index (χ0n) is 17.0. The van der Waals surface area contributed by atoms with Crippen LogP contribution < -0.4 is 0 Å². The summed E-state index contributed by atoms with van der Waals surface area (Å²) in [5, 5.41) is 11.0. The van der Waals surface area contributed by atoms with Gasteiger partial charge in [0.2, 0.25) is 0 Å². The van der Waals surface area contributed by atoms with Crippen molar-refractivity contribution in [3.8, 4) is 0 Å². The van der Waals surface area contributed by atoms with Gasteiger partial charge in [0, 0.05) is 11.8 Å². The van der Waals surface area contributed by atoms with Gasteiger partial charge in [0.05, 0.1) is 19.3 Å². The van der Waals surface area contributed by atoms with Gasteiger partial charge in [0.15, 0.2) is 6.29 Å². The number of aliphatic hydroxyl groups excluding tert-OH is 1. The van der Waals surface area contributed by atoms with Crippen LogP contribution in [0, 0.1) is 34.5 Å². The average molecular weight is 341 g/mol. The highest BCUT2D eigenvalue weighted by Gasteiger charge is 2.48. The van der Waals surface area contributed by atoms with Crippen molar-refractivity contribution in [1.82, 2.24) is 0 Å². The first-order chi connectivity index (χ1) is 11.0. The number of hydrogen-bond acceptors (Lipinski definition) is 3. The predicted molar refractivity (Wildman–Crippen MR) is 98.7 cm³/mol. The van der Waals surface area contributed by atoms with Crippen LogP contribution in [0.4, 0.5) is 0 Å². The molecule has 2 aliphatic rings. The van der Waals surface area contributed by atoms with Crippen LogP contribution >= 0.6 is 0 Å². The van der Waals surface area contributed by atoms with Crippen molar-refractivity contribution in [1.29, 1.82) is 0 Å². The summed E-state index contributed by atoms with van der Waals surface area (Å²) in [5.41, 5.74) is 0.196. The maximum atomic E-state index is 11.0. The van der Waals surface area contributed by atoms with Crippen molar-refractivity contribution in [3.63, 3.8) is 0 Å². The molecule has 0 amide bonds. The Kier molecular flexibility index (Phi) is 6.42. The molecule has 2 fully saturated rings. The summed E-state index contributed by atoms with van der Waals surface area (Å²) in [4.78, 5) is 0. The van der Waals surface area contributed by atoms with E-state index in [2.05, 4.69) is 48.5 Å². The summed E-state index contributed by atoms with van der Waals surface area (Å²) in [6.45, 7) is 17.4. The Morgan fingerprint density at radius 2 is 1.33 bits per heavy atom. The van der Waals surface area contributed by atoms with E-state index in [1.165, 1.54) is 12.8 Å². The molecule has 3 heteroatoms. The maximum Gasteiger partial charge on any atom is 0.160 e. The molecule has 3 nitrogen and oxygen atoms in total. The molecular weight excluding hydrogens is 300 g/mol. The van der Waals surface area contributed by atoms with Crippen molar-refractivity contribution in [2.24, 2.45) is 34.5 Å². The first kappa shape index (κ1) is 20.2. The summed E-state index contributed by atoms with van der Waals surface area (Å²) in [6, 6.07) is 0. The SMILES string of the molecule is CCCC1COC(C2C[C@@H](C(C)(C)C)C(O)[C@@H](C(C)(C)C)C2)OC1. The molecule has 1 saturated carbocycles. The zero-order chi connectivity index (χ0) is 18.1. The average Bonchev–Trinajstić information content (AvgIpc) is 2.46. The van der Waals surface area contributed by atoms with E-state index in [1.807, 2.05) is 0 Å². The highest BCUT2D eigenvalue weighted by Crippen LogP contribution is 2.49. The van der Waals surface area contributed by atoms with Crippen LogP contribution in [0.1, 0.15) is 74.1 Å². The smallest absolute Gasteiger partial charge is 0.160 e. The first-order valence-corrected chi connectivity index (χ1v) is 9.95. The van der Waals surface area contributed by atoms with Gasteiger partial charge in [0.1, 0.15) is 0 Å². The minimum atomic E-state index is -0.238. The Hall–Kier alpha value is -0.120. The number of ether oxygens (including phenoxy) is 2. The van der Waals surface area contributed by atoms with E-state index >= 15 is 0 Å². The Bertz CT molecular complexity index is 361. The fraction of sp³-hybridized carbons (Fsp3) is 1.00. The lowest BCUT2D eigenvalue weighted by Gasteiger charge is -2.51. The van der Waals surface area contributed by atoms with Crippen LogP contribution in [0.25, 0.3) is 0 Å². The van der Waals surface area contributed by atoms with Gasteiger partial charge in [-0.05, 0) is 41.9 Å². The van der Waals surface area contributed by atoms with Crippen LogP contribution in [0.15, 0.2) is 0 Å². The van der Waals surface area contributed by atoms with E-state index in [4.69, 9.17) is 9.47 Å². The van der Waals surface area contributed by atoms with Gasteiger partial charge in [-0.2, -0.15) is 0 Å². The molecule has 2 rings (SSSR count). The van der Waals surface area contributed by atoms with Crippen LogP contribution in [0.5, 0.6) is 0 Å². The van der Waals surface area contributed by atoms with Gasteiger partial charge < -0.3 is 14.6 Å². The van der Waals surface area contributed by atoms with E-state index in [0.29, 0.717) is 23.7 Å². The fourth-order valence-electron chi connectivity index (χ4n) is 4.67. The van der Waals surface area contributed by atoms with Crippen LogP contribution in [0.3, 0.4) is 0 Å². The van der Waals surface area contributed by atoms with Crippen molar-refractivity contribution in [3.05, 3.63) is 0 Å². The maximum absolute atomic E-state index is 11.0. The summed E-state index contributed by atoms with van der Waals surface area (Å²) in [7, 11) is 0. The Morgan fingerprint density at radius 1 is 0.875 bits per heavy atom. The molecule has 0 radical (unpaired) electrons. The minimum absolute atomic E-state index is 0.0830. The lowest BCUT2D eigenvalue weighted by atomic mass is 9.58. The van der Waals surface area contributed by atoms with Gasteiger partial charge >= 0.3 is 0 Å². The Balaban J connectivity index is 2.10. The molecule has 0 spiro atoms. The molecule has 0 aromatic heterocycles. The largest absolute Gasteiger partial charge is 0.393 e. The third kappa shape index (κ3) is 4.74. The van der Waals surface area contributed by atoms with E-state index in [1.54, 1.807) is 0 Å². The second-order valence-corrected chi connectivity index (χ2v) is 10.4. The molecule has 1 heterocycles. The molecule has 24 heavy (non-hydrogen) atoms. The van der Waals surface area contributed by atoms with Crippen molar-refractivity contribution >= 4 is 0 Å². The molecule has 1 aliphatic carbocycles. The fourth-order valence-corrected chi connectivity index (χ4v) is 4.67. The molecule has 4 atom stereocenters. The molecule has 2 unspecified atom stereocenters. The molecule has 0 aromatic carbocycles. The highest BCUT2D eigenvalue weighted by atomic mass is 16.7. The lowest BCUT2D eigenvalue weighted by molar-refractivity contribution is -0.243. The molecule has 142 valence electrons. The molecule has 0 aromatic rings. The van der Waals surface area contributed by atoms with Gasteiger partial charge in [-0.15, -0.1) is 0 Å². The Labute approximate surface area is 149 Å². The second-order valence-electron chi connectivity index (χ2n) is 10.4. The van der Waals surface area contributed by atoms with E-state index in [0.717, 1.165) is 26.1 Å². The van der Waals surface area contributed by atoms with Crippen molar-refractivity contribution in [2.75, 3.05) is 13.2 Å². The van der Waals surface area contributed by atoms with Crippen molar-refractivity contribution in [2.45, 2.75) is 86.5 Å². The van der Waals surface area contributed by atoms with Crippen LogP contribution in [-0.4, -0.2) is 30.7 Å². The molecule has 0 bridgehead atoms. The van der Waals surface area contributed by atoms with Crippen LogP contribution in [-0.2, 0) is 9.47 Å². The highest BCUT2D eigenvalue weighted by molar-refractivity contribution is 4.96. The standard InChI is InChI=1S/C21H40O3/c1-8-9-14-12-23-19(24-13-14)15-10-16(20(2,3)4)18(22)17(11-15)21(5,6)7/h14-19,22H,8-13H2,1-7H3/t14?,15?,16-,17+,18?,19?. The summed E-state index contributed by atoms with van der Waals surface area (Å²) in [6.07, 6.45) is 4.06. The Morgan fingerprint density at radius 3 is 1.71 bits per heavy atom. The molecular formula is C21H40O3. The number of aliphatic hydroxyl groups is 1. The van der Waals surface area contributed by atoms with Gasteiger partial charge in [-0.3, -0.25) is 0 Å². The second kappa shape index (κ2) is 7.63. The third-order valence-electron chi connectivity index (χ3n) is 6.24. The van der Waals surface area contributed by atoms with E-state index < -0.39 is 0 Å². The summed E-state index contributed by atoms with van der Waals surface area (Å²) >= 11 is 0.